The molecule has 1 heterocycles. The van der Waals surface area contributed by atoms with Crippen molar-refractivity contribution in [3.05, 3.63) is 48.0 Å². The van der Waals surface area contributed by atoms with Crippen LogP contribution in [-0.4, -0.2) is 47.9 Å². The van der Waals surface area contributed by atoms with E-state index in [0.29, 0.717) is 13.0 Å². The molecule has 26 heavy (non-hydrogen) atoms. The number of benzene rings is 2. The van der Waals surface area contributed by atoms with Crippen molar-refractivity contribution in [2.24, 2.45) is 11.8 Å². The highest BCUT2D eigenvalue weighted by Crippen LogP contribution is 2.22. The third kappa shape index (κ3) is 3.85. The molecule has 6 nitrogen and oxygen atoms in total. The average Bonchev–Trinajstić information content (AvgIpc) is 2.97. The Kier molecular flexibility index (Phi) is 5.21. The molecular weight excluding hydrogens is 332 g/mol. The molecule has 0 saturated carbocycles. The first-order chi connectivity index (χ1) is 12.5. The zero-order chi connectivity index (χ0) is 18.7. The van der Waals surface area contributed by atoms with Gasteiger partial charge in [-0.2, -0.15) is 0 Å². The van der Waals surface area contributed by atoms with Gasteiger partial charge < -0.3 is 15.3 Å². The fraction of sp³-hybridized carbons (Fsp3) is 0.350. The predicted molar refractivity (Wildman–Crippen MR) is 97.5 cm³/mol. The van der Waals surface area contributed by atoms with Gasteiger partial charge in [0.2, 0.25) is 11.8 Å². The maximum absolute atomic E-state index is 12.2. The van der Waals surface area contributed by atoms with E-state index < -0.39 is 17.8 Å². The molecule has 0 bridgehead atoms. The van der Waals surface area contributed by atoms with E-state index in [1.807, 2.05) is 42.5 Å². The van der Waals surface area contributed by atoms with Crippen LogP contribution in [0.25, 0.3) is 10.8 Å². The van der Waals surface area contributed by atoms with Gasteiger partial charge in [-0.15, -0.1) is 0 Å². The van der Waals surface area contributed by atoms with Gasteiger partial charge in [0.05, 0.1) is 11.8 Å². The van der Waals surface area contributed by atoms with Crippen LogP contribution in [-0.2, 0) is 20.8 Å². The molecule has 136 valence electrons. The van der Waals surface area contributed by atoms with Crippen molar-refractivity contribution < 1.29 is 19.5 Å². The number of likely N-dealkylation sites (tertiary alicyclic amines) is 1. The molecular formula is C20H22N2O4. The molecule has 0 spiro atoms. The summed E-state index contributed by atoms with van der Waals surface area (Å²) in [7, 11) is 1.66. The van der Waals surface area contributed by atoms with E-state index in [9.17, 15) is 19.5 Å². The second-order valence-electron chi connectivity index (χ2n) is 6.80. The number of rotatable bonds is 6. The van der Waals surface area contributed by atoms with Crippen LogP contribution < -0.4 is 5.32 Å². The summed E-state index contributed by atoms with van der Waals surface area (Å²) in [5, 5.41) is 14.4. The third-order valence-electron chi connectivity index (χ3n) is 4.93. The molecule has 1 aliphatic heterocycles. The molecule has 2 unspecified atom stereocenters. The summed E-state index contributed by atoms with van der Waals surface area (Å²) >= 11 is 0. The molecule has 1 aliphatic rings. The van der Waals surface area contributed by atoms with E-state index in [0.717, 1.165) is 16.3 Å². The lowest BCUT2D eigenvalue weighted by Gasteiger charge is -2.16. The first kappa shape index (κ1) is 17.9. The number of aliphatic carboxylic acids is 1. The Hall–Kier alpha value is -2.89. The number of carbonyl (C=O) groups is 3. The zero-order valence-electron chi connectivity index (χ0n) is 14.6. The highest BCUT2D eigenvalue weighted by molar-refractivity contribution is 5.89. The zero-order valence-corrected chi connectivity index (χ0v) is 14.6. The number of fused-ring (bicyclic) bond motifs is 1. The quantitative estimate of drug-likeness (QED) is 0.826. The van der Waals surface area contributed by atoms with Crippen molar-refractivity contribution in [2.75, 3.05) is 20.1 Å². The van der Waals surface area contributed by atoms with Crippen molar-refractivity contribution >= 4 is 28.6 Å². The molecule has 1 saturated heterocycles. The largest absolute Gasteiger partial charge is 0.481 e. The summed E-state index contributed by atoms with van der Waals surface area (Å²) in [6.45, 7) is 0.428. The van der Waals surface area contributed by atoms with E-state index in [-0.39, 0.29) is 24.8 Å². The highest BCUT2D eigenvalue weighted by Gasteiger charge is 2.32. The summed E-state index contributed by atoms with van der Waals surface area (Å²) in [5.74, 6) is -2.39. The van der Waals surface area contributed by atoms with E-state index in [1.165, 1.54) is 4.90 Å². The Morgan fingerprint density at radius 1 is 1.23 bits per heavy atom. The lowest BCUT2D eigenvalue weighted by molar-refractivity contribution is -0.141. The smallest absolute Gasteiger partial charge is 0.308 e. The SMILES string of the molecule is CN1CC(C(=O)NCC(Cc2cccc3ccccc23)C(=O)O)CC1=O. The van der Waals surface area contributed by atoms with Gasteiger partial charge in [0.25, 0.3) is 0 Å². The minimum absolute atomic E-state index is 0.0474. The number of amides is 2. The van der Waals surface area contributed by atoms with Gasteiger partial charge >= 0.3 is 5.97 Å². The summed E-state index contributed by atoms with van der Waals surface area (Å²) in [5.41, 5.74) is 0.945. The van der Waals surface area contributed by atoms with Crippen LogP contribution in [0, 0.1) is 11.8 Å². The molecule has 2 atom stereocenters. The van der Waals surface area contributed by atoms with Gasteiger partial charge in [-0.25, -0.2) is 0 Å². The van der Waals surface area contributed by atoms with E-state index in [2.05, 4.69) is 5.32 Å². The molecule has 2 aromatic carbocycles. The topological polar surface area (TPSA) is 86.7 Å². The third-order valence-corrected chi connectivity index (χ3v) is 4.93. The predicted octanol–water partition coefficient (Wildman–Crippen LogP) is 1.68. The number of nitrogens with zero attached hydrogens (tertiary/aromatic N) is 1. The van der Waals surface area contributed by atoms with Crippen molar-refractivity contribution in [1.29, 1.82) is 0 Å². The lowest BCUT2D eigenvalue weighted by atomic mass is 9.94. The van der Waals surface area contributed by atoms with E-state index >= 15 is 0 Å². The Labute approximate surface area is 151 Å². The molecule has 0 aliphatic carbocycles. The van der Waals surface area contributed by atoms with Crippen LogP contribution in [0.5, 0.6) is 0 Å². The normalized spacial score (nSPS) is 18.1. The van der Waals surface area contributed by atoms with Crippen LogP contribution in [0.1, 0.15) is 12.0 Å². The van der Waals surface area contributed by atoms with Crippen LogP contribution in [0.15, 0.2) is 42.5 Å². The molecule has 1 fully saturated rings. The van der Waals surface area contributed by atoms with Crippen molar-refractivity contribution in [3.63, 3.8) is 0 Å². The van der Waals surface area contributed by atoms with Crippen LogP contribution in [0.3, 0.4) is 0 Å². The Bertz CT molecular complexity index is 843. The second kappa shape index (κ2) is 7.56. The maximum atomic E-state index is 12.2. The van der Waals surface area contributed by atoms with Gasteiger partial charge in [-0.3, -0.25) is 14.4 Å². The summed E-state index contributed by atoms with van der Waals surface area (Å²) in [6, 6.07) is 13.7. The van der Waals surface area contributed by atoms with Gasteiger partial charge in [0, 0.05) is 26.6 Å². The number of carboxylic acid groups (broad SMARTS) is 1. The van der Waals surface area contributed by atoms with Crippen LogP contribution in [0.2, 0.25) is 0 Å². The number of carboxylic acids is 1. The lowest BCUT2D eigenvalue weighted by Crippen LogP contribution is -2.38. The first-order valence-corrected chi connectivity index (χ1v) is 8.67. The van der Waals surface area contributed by atoms with Crippen molar-refractivity contribution in [3.8, 4) is 0 Å². The molecule has 2 N–H and O–H groups in total. The van der Waals surface area contributed by atoms with Crippen LogP contribution >= 0.6 is 0 Å². The number of hydrogen-bond donors (Lipinski definition) is 2. The molecule has 2 aromatic rings. The molecule has 0 aromatic heterocycles. The molecule has 6 heteroatoms. The van der Waals surface area contributed by atoms with Crippen molar-refractivity contribution in [1.82, 2.24) is 10.2 Å². The van der Waals surface area contributed by atoms with Crippen molar-refractivity contribution in [2.45, 2.75) is 12.8 Å². The summed E-state index contributed by atoms with van der Waals surface area (Å²) in [4.78, 5) is 37.0. The maximum Gasteiger partial charge on any atom is 0.308 e. The van der Waals surface area contributed by atoms with E-state index in [1.54, 1.807) is 7.05 Å². The Morgan fingerprint density at radius 3 is 2.65 bits per heavy atom. The standard InChI is InChI=1S/C20H22N2O4/c1-22-12-16(10-18(22)23)19(24)21-11-15(20(25)26)9-14-7-4-6-13-5-2-3-8-17(13)14/h2-8,15-16H,9-12H2,1H3,(H,21,24)(H,25,26). The first-order valence-electron chi connectivity index (χ1n) is 8.67. The minimum atomic E-state index is -0.946. The summed E-state index contributed by atoms with van der Waals surface area (Å²) < 4.78 is 0. The Morgan fingerprint density at radius 2 is 1.96 bits per heavy atom. The number of carbonyl (C=O) groups excluding carboxylic acids is 2. The number of hydrogen-bond acceptors (Lipinski definition) is 3. The average molecular weight is 354 g/mol. The van der Waals surface area contributed by atoms with E-state index in [4.69, 9.17) is 0 Å². The van der Waals surface area contributed by atoms with Gasteiger partial charge in [0.1, 0.15) is 0 Å². The Balaban J connectivity index is 1.67. The fourth-order valence-corrected chi connectivity index (χ4v) is 3.39. The minimum Gasteiger partial charge on any atom is -0.481 e. The van der Waals surface area contributed by atoms with Gasteiger partial charge in [-0.05, 0) is 22.8 Å². The monoisotopic (exact) mass is 354 g/mol. The molecule has 0 radical (unpaired) electrons. The van der Waals surface area contributed by atoms with Crippen LogP contribution in [0.4, 0.5) is 0 Å². The fourth-order valence-electron chi connectivity index (χ4n) is 3.39. The molecule has 3 rings (SSSR count). The number of nitrogens with one attached hydrogen (secondary N) is 1. The molecule has 2 amide bonds. The highest BCUT2D eigenvalue weighted by atomic mass is 16.4. The summed E-state index contributed by atoms with van der Waals surface area (Å²) in [6.07, 6.45) is 0.518. The second-order valence-corrected chi connectivity index (χ2v) is 6.80. The van der Waals surface area contributed by atoms with Gasteiger partial charge in [-0.1, -0.05) is 42.5 Å². The van der Waals surface area contributed by atoms with Gasteiger partial charge in [0.15, 0.2) is 0 Å².